The lowest BCUT2D eigenvalue weighted by Crippen LogP contribution is -2.14. The molecule has 174 valence electrons. The summed E-state index contributed by atoms with van der Waals surface area (Å²) in [6.45, 7) is 7.41. The Morgan fingerprint density at radius 3 is 2.36 bits per heavy atom. The van der Waals surface area contributed by atoms with Crippen LogP contribution in [0.2, 0.25) is 0 Å². The van der Waals surface area contributed by atoms with Gasteiger partial charge in [0.1, 0.15) is 18.6 Å². The quantitative estimate of drug-likeness (QED) is 0.336. The Hall–Kier alpha value is -4.08. The fourth-order valence-corrected chi connectivity index (χ4v) is 3.04. The number of ether oxygens (including phenoxy) is 3. The third-order valence-electron chi connectivity index (χ3n) is 4.60. The zero-order chi connectivity index (χ0) is 23.8. The van der Waals surface area contributed by atoms with Crippen molar-refractivity contribution in [2.75, 3.05) is 18.5 Å². The van der Waals surface area contributed by atoms with Crippen LogP contribution in [0.1, 0.15) is 36.8 Å². The average Bonchev–Trinajstić information content (AvgIpc) is 3.26. The van der Waals surface area contributed by atoms with Crippen molar-refractivity contribution in [1.29, 1.82) is 0 Å². The summed E-state index contributed by atoms with van der Waals surface area (Å²) < 4.78 is 18.4. The molecule has 0 saturated heterocycles. The van der Waals surface area contributed by atoms with Crippen LogP contribution >= 0.6 is 0 Å². The molecular weight excluding hydrogens is 428 g/mol. The first-order valence-electron chi connectivity index (χ1n) is 10.6. The van der Waals surface area contributed by atoms with Gasteiger partial charge in [0.25, 0.3) is 5.91 Å². The van der Waals surface area contributed by atoms with Crippen molar-refractivity contribution in [2.45, 2.75) is 33.9 Å². The molecular formula is C23H26N4O6. The molecule has 0 aliphatic carbocycles. The number of aromatic nitrogens is 2. The molecule has 33 heavy (non-hydrogen) atoms. The van der Waals surface area contributed by atoms with Gasteiger partial charge < -0.3 is 19.5 Å². The number of hydrogen-bond acceptors (Lipinski definition) is 7. The summed E-state index contributed by atoms with van der Waals surface area (Å²) in [4.78, 5) is 23.0. The molecule has 0 atom stereocenters. The van der Waals surface area contributed by atoms with Crippen molar-refractivity contribution in [1.82, 2.24) is 9.78 Å². The Morgan fingerprint density at radius 1 is 1.03 bits per heavy atom. The Morgan fingerprint density at radius 2 is 1.73 bits per heavy atom. The van der Waals surface area contributed by atoms with Crippen molar-refractivity contribution in [3.05, 3.63) is 70.0 Å². The fraction of sp³-hybridized carbons (Fsp3) is 0.304. The third-order valence-corrected chi connectivity index (χ3v) is 4.60. The van der Waals surface area contributed by atoms with E-state index in [4.69, 9.17) is 14.2 Å². The summed E-state index contributed by atoms with van der Waals surface area (Å²) in [6.07, 6.45) is 1.24. The second kappa shape index (κ2) is 11.0. The molecule has 3 rings (SSSR count). The highest BCUT2D eigenvalue weighted by Crippen LogP contribution is 2.29. The number of nitro groups is 1. The summed E-state index contributed by atoms with van der Waals surface area (Å²) in [6, 6.07) is 12.3. The second-order valence-corrected chi connectivity index (χ2v) is 6.89. The monoisotopic (exact) mass is 454 g/mol. The second-order valence-electron chi connectivity index (χ2n) is 6.89. The molecule has 0 radical (unpaired) electrons. The number of rotatable bonds is 11. The molecule has 0 spiro atoms. The standard InChI is InChI=1S/C23H26N4O6/c1-4-26-14-19(27(29)30)22(25-26)23(28)24-17-8-10-18(11-9-17)33-15-16-7-12-20(31-5-2)21(13-16)32-6-3/h7-14H,4-6,15H2,1-3H3,(H,24,28). The van der Waals surface area contributed by atoms with Gasteiger partial charge in [-0.15, -0.1) is 0 Å². The van der Waals surface area contributed by atoms with E-state index in [1.165, 1.54) is 10.9 Å². The van der Waals surface area contributed by atoms with Crippen LogP contribution in [0.25, 0.3) is 0 Å². The first-order chi connectivity index (χ1) is 15.9. The number of amides is 1. The summed E-state index contributed by atoms with van der Waals surface area (Å²) in [5.41, 5.74) is 0.810. The van der Waals surface area contributed by atoms with Crippen LogP contribution in [-0.4, -0.2) is 33.8 Å². The number of anilines is 1. The molecule has 0 aliphatic heterocycles. The van der Waals surface area contributed by atoms with E-state index in [0.717, 1.165) is 5.56 Å². The van der Waals surface area contributed by atoms with Gasteiger partial charge in [0.15, 0.2) is 11.5 Å². The molecule has 0 fully saturated rings. The molecule has 10 heteroatoms. The highest BCUT2D eigenvalue weighted by atomic mass is 16.6. The van der Waals surface area contributed by atoms with Gasteiger partial charge in [-0.25, -0.2) is 0 Å². The van der Waals surface area contributed by atoms with Crippen LogP contribution in [0.5, 0.6) is 17.2 Å². The Bertz CT molecular complexity index is 1110. The van der Waals surface area contributed by atoms with Gasteiger partial charge in [0.2, 0.25) is 5.69 Å². The number of nitrogens with zero attached hydrogens (tertiary/aromatic N) is 3. The van der Waals surface area contributed by atoms with Crippen LogP contribution in [-0.2, 0) is 13.2 Å². The number of aryl methyl sites for hydroxylation is 1. The van der Waals surface area contributed by atoms with Crippen molar-refractivity contribution in [2.24, 2.45) is 0 Å². The van der Waals surface area contributed by atoms with E-state index in [-0.39, 0.29) is 11.4 Å². The maximum atomic E-state index is 12.5. The van der Waals surface area contributed by atoms with Gasteiger partial charge in [-0.1, -0.05) is 6.07 Å². The van der Waals surface area contributed by atoms with Crippen LogP contribution in [0.4, 0.5) is 11.4 Å². The highest BCUT2D eigenvalue weighted by Gasteiger charge is 2.25. The number of benzene rings is 2. The van der Waals surface area contributed by atoms with Crippen LogP contribution in [0, 0.1) is 10.1 Å². The SMILES string of the molecule is CCOc1ccc(COc2ccc(NC(=O)c3nn(CC)cc3[N+](=O)[O-])cc2)cc1OCC. The Balaban J connectivity index is 1.63. The Labute approximate surface area is 191 Å². The number of carbonyl (C=O) groups excluding carboxylic acids is 1. The number of carbonyl (C=O) groups is 1. The van der Waals surface area contributed by atoms with Crippen molar-refractivity contribution < 1.29 is 23.9 Å². The lowest BCUT2D eigenvalue weighted by molar-refractivity contribution is -0.385. The molecule has 1 aromatic heterocycles. The van der Waals surface area contributed by atoms with Gasteiger partial charge in [-0.3, -0.25) is 19.6 Å². The van der Waals surface area contributed by atoms with Gasteiger partial charge in [0, 0.05) is 12.2 Å². The average molecular weight is 454 g/mol. The lowest BCUT2D eigenvalue weighted by Gasteiger charge is -2.13. The number of nitrogens with one attached hydrogen (secondary N) is 1. The van der Waals surface area contributed by atoms with E-state index in [2.05, 4.69) is 10.4 Å². The summed E-state index contributed by atoms with van der Waals surface area (Å²) in [7, 11) is 0. The minimum absolute atomic E-state index is 0.234. The molecule has 0 saturated carbocycles. The highest BCUT2D eigenvalue weighted by molar-refractivity contribution is 6.05. The molecule has 10 nitrogen and oxygen atoms in total. The normalized spacial score (nSPS) is 10.5. The fourth-order valence-electron chi connectivity index (χ4n) is 3.04. The van der Waals surface area contributed by atoms with Crippen LogP contribution in [0.3, 0.4) is 0 Å². The van der Waals surface area contributed by atoms with Gasteiger partial charge in [0.05, 0.1) is 18.1 Å². The van der Waals surface area contributed by atoms with Crippen molar-refractivity contribution >= 4 is 17.3 Å². The summed E-state index contributed by atoms with van der Waals surface area (Å²) >= 11 is 0. The predicted octanol–water partition coefficient (Wildman–Crippen LogP) is 4.44. The maximum Gasteiger partial charge on any atom is 0.320 e. The molecule has 0 aliphatic rings. The third kappa shape index (κ3) is 6.00. The topological polar surface area (TPSA) is 118 Å². The zero-order valence-corrected chi connectivity index (χ0v) is 18.7. The minimum Gasteiger partial charge on any atom is -0.490 e. The van der Waals surface area contributed by atoms with Crippen molar-refractivity contribution in [3.8, 4) is 17.2 Å². The molecule has 3 aromatic rings. The zero-order valence-electron chi connectivity index (χ0n) is 18.7. The van der Waals surface area contributed by atoms with E-state index in [1.54, 1.807) is 31.2 Å². The van der Waals surface area contributed by atoms with E-state index >= 15 is 0 Å². The smallest absolute Gasteiger partial charge is 0.320 e. The number of hydrogen-bond donors (Lipinski definition) is 1. The van der Waals surface area contributed by atoms with E-state index < -0.39 is 10.8 Å². The first-order valence-corrected chi connectivity index (χ1v) is 10.6. The molecule has 0 unspecified atom stereocenters. The molecule has 1 N–H and O–H groups in total. The largest absolute Gasteiger partial charge is 0.490 e. The molecule has 0 bridgehead atoms. The Kier molecular flexibility index (Phi) is 7.85. The van der Waals surface area contributed by atoms with E-state index in [1.807, 2.05) is 32.0 Å². The first kappa shape index (κ1) is 23.6. The minimum atomic E-state index is -0.652. The van der Waals surface area contributed by atoms with E-state index in [0.29, 0.717) is 49.3 Å². The summed E-state index contributed by atoms with van der Waals surface area (Å²) in [5, 5.41) is 17.8. The predicted molar refractivity (Wildman–Crippen MR) is 122 cm³/mol. The van der Waals surface area contributed by atoms with Gasteiger partial charge >= 0.3 is 5.69 Å². The van der Waals surface area contributed by atoms with Crippen LogP contribution in [0.15, 0.2) is 48.7 Å². The molecule has 1 amide bonds. The molecule has 2 aromatic carbocycles. The van der Waals surface area contributed by atoms with E-state index in [9.17, 15) is 14.9 Å². The van der Waals surface area contributed by atoms with Gasteiger partial charge in [-0.05, 0) is 62.7 Å². The lowest BCUT2D eigenvalue weighted by atomic mass is 10.2. The molecule has 1 heterocycles. The maximum absolute atomic E-state index is 12.5. The van der Waals surface area contributed by atoms with Crippen molar-refractivity contribution in [3.63, 3.8) is 0 Å². The van der Waals surface area contributed by atoms with Gasteiger partial charge in [-0.2, -0.15) is 5.10 Å². The van der Waals surface area contributed by atoms with Crippen LogP contribution < -0.4 is 19.5 Å². The summed E-state index contributed by atoms with van der Waals surface area (Å²) in [5.74, 6) is 1.30.